The minimum atomic E-state index is 0.0378. The summed E-state index contributed by atoms with van der Waals surface area (Å²) in [6.45, 7) is 37.5. The highest BCUT2D eigenvalue weighted by Crippen LogP contribution is 2.70. The average molecular weight is 1140 g/mol. The Morgan fingerprint density at radius 1 is 0.407 bits per heavy atom. The lowest BCUT2D eigenvalue weighted by Gasteiger charge is -2.48. The standard InChI is InChI=1S/C84H104N2/c1-17-21-25-61(19-3)49-65-43-56(6)44-75-66(50-62(20-4)26-22-18-2)51-64(52-76(65)75)63-29-33-70(34-30-63)86(80-59(9)47-68(48-60(80)10)82(14,15)16)72-36-38-74-73-37-35-71(53-77(73)83-39-23-41-84(83,42-24-40-83)78(74)54-72)85(69-31-27-55(5)28-32-69)79-57(7)45-67(46-58(79)8)81(11,12)13/h27-38,43-48,51-54,61-62H,17-26,39-42,49-50H2,1-16H3/t61?,62?,83-,84+. The van der Waals surface area contributed by atoms with Crippen LogP contribution in [0, 0.1) is 53.4 Å². The summed E-state index contributed by atoms with van der Waals surface area (Å²) in [5.74, 6) is 1.39. The van der Waals surface area contributed by atoms with E-state index in [-0.39, 0.29) is 21.7 Å². The molecule has 0 amide bonds. The first-order valence-corrected chi connectivity index (χ1v) is 34.0. The summed E-state index contributed by atoms with van der Waals surface area (Å²) >= 11 is 0. The quantitative estimate of drug-likeness (QED) is 0.0796. The number of benzene rings is 8. The molecule has 2 atom stereocenters. The van der Waals surface area contributed by atoms with Gasteiger partial charge in [-0.3, -0.25) is 0 Å². The van der Waals surface area contributed by atoms with E-state index in [0.29, 0.717) is 11.8 Å². The molecule has 11 rings (SSSR count). The highest BCUT2D eigenvalue weighted by Gasteiger charge is 2.62. The highest BCUT2D eigenvalue weighted by atomic mass is 15.2. The van der Waals surface area contributed by atoms with Crippen LogP contribution in [0.2, 0.25) is 0 Å². The van der Waals surface area contributed by atoms with Crippen LogP contribution in [0.3, 0.4) is 0 Å². The molecular formula is C84H104N2. The predicted molar refractivity (Wildman–Crippen MR) is 375 cm³/mol. The second kappa shape index (κ2) is 24.3. The molecule has 0 aliphatic heterocycles. The molecule has 8 aromatic carbocycles. The molecule has 86 heavy (non-hydrogen) atoms. The molecule has 8 aromatic rings. The molecule has 3 aliphatic carbocycles. The fraction of sp³-hybridized carbons (Fsp3) is 0.452. The van der Waals surface area contributed by atoms with Crippen molar-refractivity contribution >= 4 is 44.9 Å². The summed E-state index contributed by atoms with van der Waals surface area (Å²) in [7, 11) is 0. The Bertz CT molecular complexity index is 3700. The average Bonchev–Trinajstić information content (AvgIpc) is 1.45. The van der Waals surface area contributed by atoms with Crippen molar-refractivity contribution < 1.29 is 0 Å². The summed E-state index contributed by atoms with van der Waals surface area (Å²) in [6.07, 6.45) is 19.9. The van der Waals surface area contributed by atoms with Crippen molar-refractivity contribution in [1.82, 2.24) is 0 Å². The maximum Gasteiger partial charge on any atom is 0.0520 e. The lowest BCUT2D eigenvalue weighted by molar-refractivity contribution is 0.299. The lowest BCUT2D eigenvalue weighted by Crippen LogP contribution is -2.43. The van der Waals surface area contributed by atoms with Gasteiger partial charge in [0.05, 0.1) is 11.4 Å². The minimum Gasteiger partial charge on any atom is -0.310 e. The molecular weight excluding hydrogens is 1040 g/mol. The molecule has 2 unspecified atom stereocenters. The van der Waals surface area contributed by atoms with E-state index >= 15 is 0 Å². The van der Waals surface area contributed by atoms with E-state index in [1.54, 1.807) is 16.7 Å². The zero-order valence-corrected chi connectivity index (χ0v) is 56.1. The van der Waals surface area contributed by atoms with Crippen LogP contribution in [0.25, 0.3) is 33.0 Å². The van der Waals surface area contributed by atoms with Crippen molar-refractivity contribution in [2.45, 2.75) is 235 Å². The molecule has 450 valence electrons. The predicted octanol–water partition coefficient (Wildman–Crippen LogP) is 24.9. The number of rotatable bonds is 19. The molecule has 2 heteroatoms. The maximum absolute atomic E-state index is 2.69. The number of anilines is 6. The van der Waals surface area contributed by atoms with Crippen LogP contribution < -0.4 is 9.80 Å². The lowest BCUT2D eigenvalue weighted by atomic mass is 9.55. The molecule has 3 aliphatic rings. The first kappa shape index (κ1) is 61.3. The largest absolute Gasteiger partial charge is 0.310 e. The van der Waals surface area contributed by atoms with Crippen LogP contribution in [0.1, 0.15) is 226 Å². The summed E-state index contributed by atoms with van der Waals surface area (Å²) in [6, 6.07) is 54.4. The van der Waals surface area contributed by atoms with Gasteiger partial charge in [0, 0.05) is 33.6 Å². The SMILES string of the molecule is CCCCC(CC)Cc1cc(-c2ccc(N(c3ccc4c(c3)[C@]35CCC[C@]3(CCC5)c3cc(N(c5ccc(C)cc5)c5c(C)cc(C(C)(C)C)cc5C)ccc3-4)c3c(C)cc(C(C)(C)C)cc3C)cc2)cc2c(CC(CC)CCCC)cc(C)cc12. The Labute approximate surface area is 521 Å². The van der Waals surface area contributed by atoms with Crippen molar-refractivity contribution in [1.29, 1.82) is 0 Å². The summed E-state index contributed by atoms with van der Waals surface area (Å²) in [5.41, 5.74) is 30.3. The third-order valence-corrected chi connectivity index (χ3v) is 21.6. The van der Waals surface area contributed by atoms with Crippen LogP contribution in [-0.2, 0) is 34.5 Å². The zero-order valence-electron chi connectivity index (χ0n) is 56.1. The molecule has 0 radical (unpaired) electrons. The van der Waals surface area contributed by atoms with E-state index in [1.807, 2.05) is 0 Å². The topological polar surface area (TPSA) is 6.48 Å². The second-order valence-electron chi connectivity index (χ2n) is 29.7. The monoisotopic (exact) mass is 1140 g/mol. The first-order valence-electron chi connectivity index (χ1n) is 34.0. The van der Waals surface area contributed by atoms with Gasteiger partial charge in [0.15, 0.2) is 0 Å². The zero-order chi connectivity index (χ0) is 61.0. The number of fused-ring (bicyclic) bond motifs is 4. The van der Waals surface area contributed by atoms with Crippen molar-refractivity contribution in [2.24, 2.45) is 11.8 Å². The van der Waals surface area contributed by atoms with E-state index in [9.17, 15) is 0 Å². The molecule has 0 spiro atoms. The van der Waals surface area contributed by atoms with Gasteiger partial charge < -0.3 is 9.80 Å². The van der Waals surface area contributed by atoms with Gasteiger partial charge in [-0.1, -0.05) is 223 Å². The second-order valence-corrected chi connectivity index (χ2v) is 29.7. The van der Waals surface area contributed by atoms with Crippen molar-refractivity contribution in [3.05, 3.63) is 200 Å². The van der Waals surface area contributed by atoms with E-state index in [0.717, 1.165) is 12.8 Å². The van der Waals surface area contributed by atoms with Gasteiger partial charge in [0.2, 0.25) is 0 Å². The van der Waals surface area contributed by atoms with Gasteiger partial charge in [-0.15, -0.1) is 0 Å². The fourth-order valence-electron chi connectivity index (χ4n) is 16.8. The van der Waals surface area contributed by atoms with Gasteiger partial charge in [0.25, 0.3) is 0 Å². The molecule has 0 saturated heterocycles. The van der Waals surface area contributed by atoms with Crippen LogP contribution in [0.4, 0.5) is 34.1 Å². The van der Waals surface area contributed by atoms with E-state index < -0.39 is 0 Å². The van der Waals surface area contributed by atoms with E-state index in [2.05, 4.69) is 254 Å². The normalized spacial score (nSPS) is 18.0. The molecule has 0 bridgehead atoms. The van der Waals surface area contributed by atoms with E-state index in [1.165, 1.54) is 207 Å². The summed E-state index contributed by atoms with van der Waals surface area (Å²) < 4.78 is 0. The number of aryl methyl sites for hydroxylation is 6. The van der Waals surface area contributed by atoms with Crippen LogP contribution in [0.15, 0.2) is 133 Å². The van der Waals surface area contributed by atoms with Crippen LogP contribution in [-0.4, -0.2) is 0 Å². The first-order chi connectivity index (χ1) is 41.1. The van der Waals surface area contributed by atoms with Crippen LogP contribution in [0.5, 0.6) is 0 Å². The minimum absolute atomic E-state index is 0.0378. The molecule has 0 heterocycles. The van der Waals surface area contributed by atoms with Gasteiger partial charge in [-0.2, -0.15) is 0 Å². The molecule has 2 saturated carbocycles. The third-order valence-electron chi connectivity index (χ3n) is 21.6. The Balaban J connectivity index is 1.06. The molecule has 2 nitrogen and oxygen atoms in total. The summed E-state index contributed by atoms with van der Waals surface area (Å²) in [4.78, 5) is 5.23. The Kier molecular flexibility index (Phi) is 17.3. The number of nitrogens with zero attached hydrogens (tertiary/aromatic N) is 2. The number of hydrogen-bond acceptors (Lipinski definition) is 2. The number of hydrogen-bond donors (Lipinski definition) is 0. The molecule has 0 N–H and O–H groups in total. The van der Waals surface area contributed by atoms with Gasteiger partial charge in [0.1, 0.15) is 0 Å². The van der Waals surface area contributed by atoms with Gasteiger partial charge >= 0.3 is 0 Å². The maximum atomic E-state index is 2.69. The summed E-state index contributed by atoms with van der Waals surface area (Å²) in [5, 5.41) is 2.95. The highest BCUT2D eigenvalue weighted by molar-refractivity contribution is 5.94. The molecule has 2 fully saturated rings. The van der Waals surface area contributed by atoms with Crippen LogP contribution >= 0.6 is 0 Å². The smallest absolute Gasteiger partial charge is 0.0520 e. The third kappa shape index (κ3) is 11.3. The van der Waals surface area contributed by atoms with Crippen molar-refractivity contribution in [3.8, 4) is 22.3 Å². The fourth-order valence-corrected chi connectivity index (χ4v) is 16.8. The number of unbranched alkanes of at least 4 members (excludes halogenated alkanes) is 2. The Morgan fingerprint density at radius 3 is 1.21 bits per heavy atom. The Morgan fingerprint density at radius 2 is 0.802 bits per heavy atom. The van der Waals surface area contributed by atoms with E-state index in [4.69, 9.17) is 0 Å². The van der Waals surface area contributed by atoms with Crippen molar-refractivity contribution in [3.63, 3.8) is 0 Å². The van der Waals surface area contributed by atoms with Gasteiger partial charge in [-0.05, 0) is 246 Å². The molecule has 0 aromatic heterocycles. The Hall–Kier alpha value is -6.38. The van der Waals surface area contributed by atoms with Crippen molar-refractivity contribution in [2.75, 3.05) is 9.80 Å². The van der Waals surface area contributed by atoms with Gasteiger partial charge in [-0.25, -0.2) is 0 Å².